The molecule has 4 nitrogen and oxygen atoms in total. The topological polar surface area (TPSA) is 60.9 Å². The van der Waals surface area contributed by atoms with Crippen LogP contribution >= 0.6 is 23.2 Å². The molecule has 6 heteroatoms. The summed E-state index contributed by atoms with van der Waals surface area (Å²) in [5.41, 5.74) is 6.80. The zero-order valence-electron chi connectivity index (χ0n) is 9.86. The third-order valence-corrected chi connectivity index (χ3v) is 3.33. The lowest BCUT2D eigenvalue weighted by atomic mass is 10.2. The molecule has 0 aliphatic rings. The summed E-state index contributed by atoms with van der Waals surface area (Å²) in [7, 11) is 0. The monoisotopic (exact) mass is 285 g/mol. The molecule has 0 spiro atoms. The number of carbonyl (C=O) groups is 1. The Hall–Kier alpha value is -1.26. The molecule has 1 atom stereocenters. The molecule has 1 unspecified atom stereocenters. The molecule has 0 radical (unpaired) electrons. The highest BCUT2D eigenvalue weighted by atomic mass is 35.5. The molecular formula is C12H13Cl2N3O. The molecule has 0 aliphatic carbocycles. The molecule has 2 rings (SSSR count). The van der Waals surface area contributed by atoms with Crippen LogP contribution in [0.5, 0.6) is 0 Å². The van der Waals surface area contributed by atoms with E-state index in [-0.39, 0.29) is 24.2 Å². The van der Waals surface area contributed by atoms with Crippen LogP contribution in [0.4, 0.5) is 0 Å². The highest BCUT2D eigenvalue weighted by molar-refractivity contribution is 6.35. The highest BCUT2D eigenvalue weighted by Gasteiger charge is 2.18. The van der Waals surface area contributed by atoms with Gasteiger partial charge in [-0.2, -0.15) is 0 Å². The third kappa shape index (κ3) is 2.31. The van der Waals surface area contributed by atoms with E-state index in [9.17, 15) is 4.79 Å². The number of nitrogens with zero attached hydrogens (tertiary/aromatic N) is 2. The van der Waals surface area contributed by atoms with Crippen molar-refractivity contribution in [2.24, 2.45) is 5.73 Å². The van der Waals surface area contributed by atoms with Crippen molar-refractivity contribution in [1.82, 2.24) is 9.55 Å². The van der Waals surface area contributed by atoms with Crippen molar-refractivity contribution in [3.63, 3.8) is 0 Å². The lowest BCUT2D eigenvalue weighted by Gasteiger charge is -2.15. The minimum atomic E-state index is -0.364. The van der Waals surface area contributed by atoms with E-state index in [1.54, 1.807) is 6.07 Å². The van der Waals surface area contributed by atoms with Crippen molar-refractivity contribution in [2.75, 3.05) is 0 Å². The molecule has 2 aromatic rings. The van der Waals surface area contributed by atoms with E-state index in [4.69, 9.17) is 28.9 Å². The number of alkyl halides is 1. The van der Waals surface area contributed by atoms with Crippen LogP contribution in [0.15, 0.2) is 18.2 Å². The number of amides is 1. The van der Waals surface area contributed by atoms with Gasteiger partial charge in [-0.1, -0.05) is 17.7 Å². The number of para-hydroxylation sites is 1. The molecule has 1 amide bonds. The van der Waals surface area contributed by atoms with E-state index in [0.29, 0.717) is 10.8 Å². The second kappa shape index (κ2) is 5.16. The van der Waals surface area contributed by atoms with Crippen molar-refractivity contribution in [3.05, 3.63) is 29.0 Å². The fourth-order valence-electron chi connectivity index (χ4n) is 2.11. The standard InChI is InChI=1S/C12H13Cl2N3O/c1-7(5-10(15)18)17-11(6-13)16-9-4-2-3-8(14)12(9)17/h2-4,7H,5-6H2,1H3,(H2,15,18). The average molecular weight is 286 g/mol. The van der Waals surface area contributed by atoms with Gasteiger partial charge >= 0.3 is 0 Å². The summed E-state index contributed by atoms with van der Waals surface area (Å²) in [4.78, 5) is 15.5. The Bertz CT molecular complexity index is 594. The number of nitrogens with two attached hydrogens (primary N) is 1. The Labute approximate surface area is 115 Å². The Morgan fingerprint density at radius 3 is 2.89 bits per heavy atom. The quantitative estimate of drug-likeness (QED) is 0.878. The largest absolute Gasteiger partial charge is 0.370 e. The van der Waals surface area contributed by atoms with Crippen molar-refractivity contribution in [2.45, 2.75) is 25.3 Å². The van der Waals surface area contributed by atoms with Crippen molar-refractivity contribution in [3.8, 4) is 0 Å². The maximum absolute atomic E-state index is 11.0. The first kappa shape index (κ1) is 13.2. The second-order valence-electron chi connectivity index (χ2n) is 4.16. The molecule has 0 aliphatic heterocycles. The first-order valence-corrected chi connectivity index (χ1v) is 6.45. The Balaban J connectivity index is 2.62. The van der Waals surface area contributed by atoms with Crippen molar-refractivity contribution < 1.29 is 4.79 Å². The predicted molar refractivity (Wildman–Crippen MR) is 72.8 cm³/mol. The van der Waals surface area contributed by atoms with Crippen LogP contribution in [0.2, 0.25) is 5.02 Å². The van der Waals surface area contributed by atoms with Crippen LogP contribution in [-0.4, -0.2) is 15.5 Å². The van der Waals surface area contributed by atoms with Gasteiger partial charge < -0.3 is 10.3 Å². The molecule has 1 aromatic heterocycles. The summed E-state index contributed by atoms with van der Waals surface area (Å²) in [6.07, 6.45) is 0.223. The van der Waals surface area contributed by atoms with Crippen molar-refractivity contribution in [1.29, 1.82) is 0 Å². The van der Waals surface area contributed by atoms with Gasteiger partial charge in [-0.15, -0.1) is 11.6 Å². The summed E-state index contributed by atoms with van der Waals surface area (Å²) < 4.78 is 1.88. The SMILES string of the molecule is CC(CC(N)=O)n1c(CCl)nc2cccc(Cl)c21. The predicted octanol–water partition coefficient (Wildman–Crippen LogP) is 2.86. The zero-order valence-corrected chi connectivity index (χ0v) is 11.4. The Morgan fingerprint density at radius 1 is 1.56 bits per heavy atom. The van der Waals surface area contributed by atoms with Gasteiger partial charge in [0.15, 0.2) is 0 Å². The summed E-state index contributed by atoms with van der Waals surface area (Å²) >= 11 is 12.1. The number of halogens is 2. The molecule has 0 bridgehead atoms. The maximum Gasteiger partial charge on any atom is 0.219 e. The number of hydrogen-bond acceptors (Lipinski definition) is 2. The van der Waals surface area contributed by atoms with Gasteiger partial charge in [0.1, 0.15) is 5.82 Å². The van der Waals surface area contributed by atoms with E-state index < -0.39 is 0 Å². The number of benzene rings is 1. The van der Waals surface area contributed by atoms with Gasteiger partial charge in [0.25, 0.3) is 0 Å². The number of aromatic nitrogens is 2. The summed E-state index contributed by atoms with van der Waals surface area (Å²) in [6, 6.07) is 5.36. The maximum atomic E-state index is 11.0. The van der Waals surface area contributed by atoms with E-state index >= 15 is 0 Å². The van der Waals surface area contributed by atoms with Crippen LogP contribution in [-0.2, 0) is 10.7 Å². The van der Waals surface area contributed by atoms with E-state index in [1.165, 1.54) is 0 Å². The van der Waals surface area contributed by atoms with Gasteiger partial charge in [0, 0.05) is 12.5 Å². The lowest BCUT2D eigenvalue weighted by Crippen LogP contribution is -2.18. The van der Waals surface area contributed by atoms with Gasteiger partial charge in [-0.05, 0) is 19.1 Å². The highest BCUT2D eigenvalue weighted by Crippen LogP contribution is 2.29. The van der Waals surface area contributed by atoms with Crippen LogP contribution in [0.1, 0.15) is 25.2 Å². The summed E-state index contributed by atoms with van der Waals surface area (Å²) in [5.74, 6) is 0.583. The number of rotatable bonds is 4. The molecule has 18 heavy (non-hydrogen) atoms. The first-order valence-electron chi connectivity index (χ1n) is 5.54. The van der Waals surface area contributed by atoms with Crippen LogP contribution in [0, 0.1) is 0 Å². The average Bonchev–Trinajstić information content (AvgIpc) is 2.68. The van der Waals surface area contributed by atoms with Gasteiger partial charge in [0.2, 0.25) is 5.91 Å². The molecule has 0 fully saturated rings. The smallest absolute Gasteiger partial charge is 0.219 e. The summed E-state index contributed by atoms with van der Waals surface area (Å²) in [6.45, 7) is 1.89. The fourth-order valence-corrected chi connectivity index (χ4v) is 2.56. The molecule has 2 N–H and O–H groups in total. The minimum Gasteiger partial charge on any atom is -0.370 e. The molecule has 0 saturated heterocycles. The van der Waals surface area contributed by atoms with Gasteiger partial charge in [-0.25, -0.2) is 4.98 Å². The Morgan fingerprint density at radius 2 is 2.28 bits per heavy atom. The fraction of sp³-hybridized carbons (Fsp3) is 0.333. The molecule has 0 saturated carbocycles. The van der Waals surface area contributed by atoms with E-state index in [2.05, 4.69) is 4.98 Å². The van der Waals surface area contributed by atoms with Crippen LogP contribution in [0.3, 0.4) is 0 Å². The van der Waals surface area contributed by atoms with Gasteiger partial charge in [0.05, 0.1) is 21.9 Å². The van der Waals surface area contributed by atoms with Crippen molar-refractivity contribution >= 4 is 40.1 Å². The number of hydrogen-bond donors (Lipinski definition) is 1. The molecule has 1 aromatic carbocycles. The number of imidazole rings is 1. The van der Waals surface area contributed by atoms with Crippen LogP contribution in [0.25, 0.3) is 11.0 Å². The molecular weight excluding hydrogens is 273 g/mol. The first-order chi connectivity index (χ1) is 8.54. The van der Waals surface area contributed by atoms with Crippen LogP contribution < -0.4 is 5.73 Å². The summed E-state index contributed by atoms with van der Waals surface area (Å²) in [5, 5.41) is 0.590. The molecule has 96 valence electrons. The minimum absolute atomic E-state index is 0.124. The number of primary amides is 1. The van der Waals surface area contributed by atoms with Gasteiger partial charge in [-0.3, -0.25) is 4.79 Å². The Kier molecular flexibility index (Phi) is 3.78. The van der Waals surface area contributed by atoms with E-state index in [1.807, 2.05) is 23.6 Å². The number of carbonyl (C=O) groups excluding carboxylic acids is 1. The molecule has 1 heterocycles. The second-order valence-corrected chi connectivity index (χ2v) is 4.83. The normalized spacial score (nSPS) is 12.8. The van der Waals surface area contributed by atoms with E-state index in [0.717, 1.165) is 11.0 Å². The lowest BCUT2D eigenvalue weighted by molar-refractivity contribution is -0.118. The number of fused-ring (bicyclic) bond motifs is 1. The third-order valence-electron chi connectivity index (χ3n) is 2.79. The zero-order chi connectivity index (χ0) is 13.3.